The molecule has 0 rings (SSSR count). The summed E-state index contributed by atoms with van der Waals surface area (Å²) in [5, 5.41) is 0.195. The summed E-state index contributed by atoms with van der Waals surface area (Å²) in [7, 11) is -1.26. The molecule has 0 fully saturated rings. The number of thiol groups is 1. The van der Waals surface area contributed by atoms with E-state index in [1.54, 1.807) is 0 Å². The molecule has 0 atom stereocenters. The third kappa shape index (κ3) is 6.30. The summed E-state index contributed by atoms with van der Waals surface area (Å²) >= 11 is 0. The van der Waals surface area contributed by atoms with Crippen molar-refractivity contribution < 1.29 is 8.42 Å². The van der Waals surface area contributed by atoms with E-state index in [1.165, 1.54) is 0 Å². The molecule has 4 heteroatoms. The molecule has 44 valence electrons. The Labute approximate surface area is 48.6 Å². The minimum absolute atomic E-state index is 0.195. The molecule has 0 aliphatic heterocycles. The van der Waals surface area contributed by atoms with E-state index >= 15 is 0 Å². The Kier molecular flexibility index (Phi) is 3.46. The molecule has 0 aromatic carbocycles. The van der Waals surface area contributed by atoms with Crippen molar-refractivity contribution in [3.05, 3.63) is 0 Å². The summed E-state index contributed by atoms with van der Waals surface area (Å²) in [6.07, 6.45) is 0. The van der Waals surface area contributed by atoms with Gasteiger partial charge < -0.3 is 0 Å². The lowest BCUT2D eigenvalue weighted by molar-refractivity contribution is 0.626. The Morgan fingerprint density at radius 3 is 1.86 bits per heavy atom. The standard InChI is InChI=1S/C3H8O2S2/c1-3(2)6-7(4)5/h3,7H,1-2H3. The predicted molar refractivity (Wildman–Crippen MR) is 33.0 cm³/mol. The molecule has 2 nitrogen and oxygen atoms in total. The van der Waals surface area contributed by atoms with Crippen LogP contribution >= 0.6 is 10.8 Å². The molecule has 0 aliphatic rings. The zero-order valence-electron chi connectivity index (χ0n) is 4.25. The lowest BCUT2D eigenvalue weighted by Gasteiger charge is -1.90. The highest BCUT2D eigenvalue weighted by molar-refractivity contribution is 8.64. The Morgan fingerprint density at radius 1 is 1.43 bits per heavy atom. The van der Waals surface area contributed by atoms with Crippen LogP contribution in [0.5, 0.6) is 0 Å². The molecule has 0 aromatic rings. The summed E-state index contributed by atoms with van der Waals surface area (Å²) in [6.45, 7) is 3.69. The molecular formula is C3H8O2S2. The van der Waals surface area contributed by atoms with Crippen LogP contribution in [-0.2, 0) is 9.74 Å². The fourth-order valence-electron chi connectivity index (χ4n) is 0.172. The number of hydrogen-bond donors (Lipinski definition) is 1. The van der Waals surface area contributed by atoms with Crippen LogP contribution in [0.25, 0.3) is 0 Å². The van der Waals surface area contributed by atoms with E-state index in [0.717, 1.165) is 10.8 Å². The minimum atomic E-state index is -2.22. The molecule has 0 amide bonds. The van der Waals surface area contributed by atoms with Gasteiger partial charge in [0.25, 0.3) is 0 Å². The van der Waals surface area contributed by atoms with Gasteiger partial charge in [0, 0.05) is 5.25 Å². The van der Waals surface area contributed by atoms with Crippen LogP contribution in [-0.4, -0.2) is 13.7 Å². The van der Waals surface area contributed by atoms with Crippen molar-refractivity contribution in [3.63, 3.8) is 0 Å². The van der Waals surface area contributed by atoms with Gasteiger partial charge in [0.1, 0.15) is 0 Å². The van der Waals surface area contributed by atoms with Gasteiger partial charge in [-0.15, -0.1) is 0 Å². The third-order valence-corrected chi connectivity index (χ3v) is 2.67. The van der Waals surface area contributed by atoms with Crippen LogP contribution in [0.1, 0.15) is 13.8 Å². The molecule has 0 bridgehead atoms. The van der Waals surface area contributed by atoms with Crippen molar-refractivity contribution in [2.45, 2.75) is 19.1 Å². The Hall–Kier alpha value is 0.300. The number of rotatable bonds is 2. The largest absolute Gasteiger partial charge is 0.221 e. The fraction of sp³-hybridized carbons (Fsp3) is 1.00. The van der Waals surface area contributed by atoms with Gasteiger partial charge in [-0.3, -0.25) is 0 Å². The first-order valence-electron chi connectivity index (χ1n) is 1.94. The van der Waals surface area contributed by atoms with Crippen LogP contribution in [0.2, 0.25) is 0 Å². The van der Waals surface area contributed by atoms with Gasteiger partial charge in [-0.05, 0) is 10.8 Å². The first-order chi connectivity index (χ1) is 3.13. The quantitative estimate of drug-likeness (QED) is 0.452. The zero-order chi connectivity index (χ0) is 5.86. The molecule has 0 saturated carbocycles. The molecule has 0 heterocycles. The lowest BCUT2D eigenvalue weighted by Crippen LogP contribution is -1.83. The van der Waals surface area contributed by atoms with Crippen molar-refractivity contribution in [3.8, 4) is 0 Å². The van der Waals surface area contributed by atoms with E-state index in [4.69, 9.17) is 0 Å². The molecule has 0 aliphatic carbocycles. The van der Waals surface area contributed by atoms with E-state index in [9.17, 15) is 8.42 Å². The molecule has 0 unspecified atom stereocenters. The zero-order valence-corrected chi connectivity index (χ0v) is 5.96. The van der Waals surface area contributed by atoms with Gasteiger partial charge in [-0.2, -0.15) is 0 Å². The first kappa shape index (κ1) is 7.30. The monoisotopic (exact) mass is 140 g/mol. The van der Waals surface area contributed by atoms with Crippen molar-refractivity contribution in [1.82, 2.24) is 0 Å². The normalized spacial score (nSPS) is 10.9. The number of hydrogen-bond acceptors (Lipinski definition) is 3. The molecule has 0 aromatic heterocycles. The van der Waals surface area contributed by atoms with Crippen LogP contribution in [0.3, 0.4) is 0 Å². The highest BCUT2D eigenvalue weighted by Crippen LogP contribution is 2.07. The molecule has 0 spiro atoms. The van der Waals surface area contributed by atoms with Crippen LogP contribution in [0.15, 0.2) is 0 Å². The average Bonchev–Trinajstić information content (AvgIpc) is 1.27. The summed E-state index contributed by atoms with van der Waals surface area (Å²) < 4.78 is 19.6. The summed E-state index contributed by atoms with van der Waals surface area (Å²) in [5.74, 6) is 0. The van der Waals surface area contributed by atoms with E-state index in [-0.39, 0.29) is 5.25 Å². The minimum Gasteiger partial charge on any atom is -0.221 e. The van der Waals surface area contributed by atoms with E-state index in [0.29, 0.717) is 0 Å². The second-order valence-corrected chi connectivity index (χ2v) is 4.51. The molecule has 0 saturated heterocycles. The SMILES string of the molecule is CC(C)S[SH](=O)=O. The molecule has 0 N–H and O–H groups in total. The maximum atomic E-state index is 9.81. The third-order valence-electron chi connectivity index (χ3n) is 0.297. The van der Waals surface area contributed by atoms with Crippen LogP contribution in [0.4, 0.5) is 0 Å². The van der Waals surface area contributed by atoms with Gasteiger partial charge in [-0.25, -0.2) is 8.42 Å². The topological polar surface area (TPSA) is 34.1 Å². The second-order valence-electron chi connectivity index (χ2n) is 1.38. The summed E-state index contributed by atoms with van der Waals surface area (Å²) in [4.78, 5) is 0. The van der Waals surface area contributed by atoms with Crippen LogP contribution < -0.4 is 0 Å². The van der Waals surface area contributed by atoms with Crippen molar-refractivity contribution in [2.75, 3.05) is 0 Å². The maximum absolute atomic E-state index is 9.81. The highest BCUT2D eigenvalue weighted by atomic mass is 33.1. The van der Waals surface area contributed by atoms with Gasteiger partial charge in [0.2, 0.25) is 0 Å². The maximum Gasteiger partial charge on any atom is 0.191 e. The van der Waals surface area contributed by atoms with Gasteiger partial charge in [0.15, 0.2) is 9.74 Å². The van der Waals surface area contributed by atoms with E-state index in [2.05, 4.69) is 0 Å². The predicted octanol–water partition coefficient (Wildman–Crippen LogP) is 0.654. The highest BCUT2D eigenvalue weighted by Gasteiger charge is 1.91. The Balaban J connectivity index is 3.32. The van der Waals surface area contributed by atoms with Crippen molar-refractivity contribution in [2.24, 2.45) is 0 Å². The molecular weight excluding hydrogens is 132 g/mol. The Bertz CT molecular complexity index is 97.5. The van der Waals surface area contributed by atoms with Crippen LogP contribution in [0, 0.1) is 0 Å². The Morgan fingerprint density at radius 2 is 1.86 bits per heavy atom. The van der Waals surface area contributed by atoms with E-state index in [1.807, 2.05) is 13.8 Å². The molecule has 7 heavy (non-hydrogen) atoms. The van der Waals surface area contributed by atoms with Gasteiger partial charge in [0.05, 0.1) is 0 Å². The first-order valence-corrected chi connectivity index (χ1v) is 4.60. The smallest absolute Gasteiger partial charge is 0.191 e. The van der Waals surface area contributed by atoms with Gasteiger partial charge in [-0.1, -0.05) is 13.8 Å². The van der Waals surface area contributed by atoms with E-state index < -0.39 is 9.74 Å². The second kappa shape index (κ2) is 3.32. The summed E-state index contributed by atoms with van der Waals surface area (Å²) in [6, 6.07) is 0. The van der Waals surface area contributed by atoms with Gasteiger partial charge >= 0.3 is 0 Å². The lowest BCUT2D eigenvalue weighted by atomic mass is 10.6. The molecule has 0 radical (unpaired) electrons. The fourth-order valence-corrected chi connectivity index (χ4v) is 1.55. The van der Waals surface area contributed by atoms with Crippen molar-refractivity contribution >= 4 is 20.5 Å². The van der Waals surface area contributed by atoms with Crippen molar-refractivity contribution in [1.29, 1.82) is 0 Å². The average molecular weight is 140 g/mol. The summed E-state index contributed by atoms with van der Waals surface area (Å²) in [5.41, 5.74) is 0.